The molecule has 1 aromatic rings. The van der Waals surface area contributed by atoms with E-state index in [1.165, 1.54) is 0 Å². The first-order valence-electron chi connectivity index (χ1n) is 5.51. The van der Waals surface area contributed by atoms with Crippen molar-refractivity contribution < 1.29 is 5.11 Å². The molecule has 0 aliphatic rings. The van der Waals surface area contributed by atoms with Gasteiger partial charge in [0.25, 0.3) is 0 Å². The van der Waals surface area contributed by atoms with E-state index in [0.29, 0.717) is 5.02 Å². The molecule has 16 heavy (non-hydrogen) atoms. The predicted octanol–water partition coefficient (Wildman–Crippen LogP) is 3.15. The van der Waals surface area contributed by atoms with E-state index in [0.717, 1.165) is 5.56 Å². The van der Waals surface area contributed by atoms with Gasteiger partial charge in [-0.15, -0.1) is 0 Å². The molecule has 0 heterocycles. The van der Waals surface area contributed by atoms with Crippen LogP contribution in [0, 0.1) is 0 Å². The zero-order chi connectivity index (χ0) is 12.3. The molecule has 0 fully saturated rings. The maximum absolute atomic E-state index is 10.2. The number of halogens is 1. The Kier molecular flexibility index (Phi) is 4.36. The largest absolute Gasteiger partial charge is 0.387 e. The van der Waals surface area contributed by atoms with Gasteiger partial charge in [-0.1, -0.05) is 23.7 Å². The fourth-order valence-corrected chi connectivity index (χ4v) is 1.94. The number of benzene rings is 1. The van der Waals surface area contributed by atoms with E-state index in [1.807, 2.05) is 19.1 Å². The maximum Gasteiger partial charge on any atom is 0.0940 e. The molecule has 0 bridgehead atoms. The summed E-state index contributed by atoms with van der Waals surface area (Å²) >= 11 is 5.90. The Hall–Kier alpha value is -0.570. The van der Waals surface area contributed by atoms with E-state index < -0.39 is 6.10 Å². The molecule has 90 valence electrons. The summed E-state index contributed by atoms with van der Waals surface area (Å²) in [7, 11) is 0. The molecule has 0 saturated heterocycles. The predicted molar refractivity (Wildman–Crippen MR) is 68.8 cm³/mol. The van der Waals surface area contributed by atoms with E-state index in [-0.39, 0.29) is 11.6 Å². The van der Waals surface area contributed by atoms with Crippen LogP contribution in [0.15, 0.2) is 24.3 Å². The van der Waals surface area contributed by atoms with Gasteiger partial charge < -0.3 is 10.4 Å². The number of aliphatic hydroxyl groups is 1. The lowest BCUT2D eigenvalue weighted by Crippen LogP contribution is -2.44. The third-order valence-electron chi connectivity index (χ3n) is 2.32. The van der Waals surface area contributed by atoms with Crippen LogP contribution in [0.25, 0.3) is 0 Å². The second kappa shape index (κ2) is 5.17. The molecular weight excluding hydrogens is 222 g/mol. The van der Waals surface area contributed by atoms with Crippen molar-refractivity contribution in [2.24, 2.45) is 0 Å². The third-order valence-corrected chi connectivity index (χ3v) is 2.56. The lowest BCUT2D eigenvalue weighted by atomic mass is 10.00. The molecule has 0 amide bonds. The van der Waals surface area contributed by atoms with Gasteiger partial charge in [0, 0.05) is 16.6 Å². The zero-order valence-electron chi connectivity index (χ0n) is 10.3. The van der Waals surface area contributed by atoms with Gasteiger partial charge in [0.15, 0.2) is 0 Å². The average Bonchev–Trinajstić information content (AvgIpc) is 2.14. The Morgan fingerprint density at radius 2 is 1.94 bits per heavy atom. The van der Waals surface area contributed by atoms with Gasteiger partial charge in [-0.2, -0.15) is 0 Å². The van der Waals surface area contributed by atoms with Gasteiger partial charge in [-0.05, 0) is 45.4 Å². The summed E-state index contributed by atoms with van der Waals surface area (Å²) in [6, 6.07) is 7.33. The van der Waals surface area contributed by atoms with Crippen LogP contribution in [0.2, 0.25) is 5.02 Å². The first-order chi connectivity index (χ1) is 7.29. The van der Waals surface area contributed by atoms with Crippen LogP contribution in [-0.2, 0) is 0 Å². The summed E-state index contributed by atoms with van der Waals surface area (Å²) in [5.41, 5.74) is 0.829. The average molecular weight is 242 g/mol. The van der Waals surface area contributed by atoms with Crippen molar-refractivity contribution in [3.63, 3.8) is 0 Å². The number of hydrogen-bond acceptors (Lipinski definition) is 2. The third kappa shape index (κ3) is 4.12. The van der Waals surface area contributed by atoms with Crippen LogP contribution in [0.4, 0.5) is 0 Å². The number of nitrogens with one attached hydrogen (secondary N) is 1. The zero-order valence-corrected chi connectivity index (χ0v) is 11.0. The van der Waals surface area contributed by atoms with Crippen molar-refractivity contribution in [2.45, 2.75) is 45.4 Å². The maximum atomic E-state index is 10.2. The molecule has 0 aliphatic heterocycles. The number of rotatable bonds is 3. The summed E-state index contributed by atoms with van der Waals surface area (Å²) in [6.07, 6.45) is -0.544. The van der Waals surface area contributed by atoms with Crippen molar-refractivity contribution in [1.29, 1.82) is 0 Å². The Bertz CT molecular complexity index is 346. The van der Waals surface area contributed by atoms with Crippen molar-refractivity contribution in [1.82, 2.24) is 5.32 Å². The van der Waals surface area contributed by atoms with Gasteiger partial charge in [-0.25, -0.2) is 0 Å². The molecule has 2 N–H and O–H groups in total. The van der Waals surface area contributed by atoms with E-state index in [2.05, 4.69) is 26.1 Å². The molecule has 1 rings (SSSR count). The molecule has 2 atom stereocenters. The Morgan fingerprint density at radius 3 is 2.44 bits per heavy atom. The standard InChI is InChI=1S/C13H20ClNO/c1-9(15-13(2,3)4)12(16)10-6-5-7-11(14)8-10/h5-9,12,15-16H,1-4H3/t9-,12-/m0/s1. The van der Waals surface area contributed by atoms with Crippen LogP contribution in [0.1, 0.15) is 39.4 Å². The van der Waals surface area contributed by atoms with Gasteiger partial charge in [0.05, 0.1) is 6.10 Å². The van der Waals surface area contributed by atoms with Crippen molar-refractivity contribution in [2.75, 3.05) is 0 Å². The number of hydrogen-bond donors (Lipinski definition) is 2. The molecule has 2 nitrogen and oxygen atoms in total. The van der Waals surface area contributed by atoms with Gasteiger partial charge in [0.2, 0.25) is 0 Å². The molecule has 0 unspecified atom stereocenters. The smallest absolute Gasteiger partial charge is 0.0940 e. The van der Waals surface area contributed by atoms with Crippen LogP contribution in [0.3, 0.4) is 0 Å². The van der Waals surface area contributed by atoms with Gasteiger partial charge in [-0.3, -0.25) is 0 Å². The monoisotopic (exact) mass is 241 g/mol. The molecule has 0 aliphatic carbocycles. The minimum absolute atomic E-state index is 0.0149. The van der Waals surface area contributed by atoms with Crippen LogP contribution >= 0.6 is 11.6 Å². The molecule has 3 heteroatoms. The van der Waals surface area contributed by atoms with Crippen LogP contribution < -0.4 is 5.32 Å². The highest BCUT2D eigenvalue weighted by atomic mass is 35.5. The van der Waals surface area contributed by atoms with Crippen molar-refractivity contribution in [3.8, 4) is 0 Å². The fraction of sp³-hybridized carbons (Fsp3) is 0.538. The Morgan fingerprint density at radius 1 is 1.31 bits per heavy atom. The Labute approximate surface area is 103 Å². The highest BCUT2D eigenvalue weighted by molar-refractivity contribution is 6.30. The molecule has 0 aromatic heterocycles. The summed E-state index contributed by atoms with van der Waals surface area (Å²) in [5.74, 6) is 0. The second-order valence-electron chi connectivity index (χ2n) is 5.18. The van der Waals surface area contributed by atoms with E-state index >= 15 is 0 Å². The first kappa shape index (κ1) is 13.5. The van der Waals surface area contributed by atoms with Crippen LogP contribution in [-0.4, -0.2) is 16.7 Å². The molecule has 0 saturated carbocycles. The highest BCUT2D eigenvalue weighted by Crippen LogP contribution is 2.21. The van der Waals surface area contributed by atoms with E-state index in [9.17, 15) is 5.11 Å². The highest BCUT2D eigenvalue weighted by Gasteiger charge is 2.21. The molecule has 0 radical (unpaired) electrons. The van der Waals surface area contributed by atoms with Crippen molar-refractivity contribution >= 4 is 11.6 Å². The topological polar surface area (TPSA) is 32.3 Å². The normalized spacial score (nSPS) is 15.9. The summed E-state index contributed by atoms with van der Waals surface area (Å²) < 4.78 is 0. The fourth-order valence-electron chi connectivity index (χ4n) is 1.74. The van der Waals surface area contributed by atoms with Gasteiger partial charge in [0.1, 0.15) is 0 Å². The lowest BCUT2D eigenvalue weighted by molar-refractivity contribution is 0.121. The summed E-state index contributed by atoms with van der Waals surface area (Å²) in [4.78, 5) is 0. The molecular formula is C13H20ClNO. The SMILES string of the molecule is C[C@H](NC(C)(C)C)[C@H](O)c1cccc(Cl)c1. The minimum Gasteiger partial charge on any atom is -0.387 e. The first-order valence-corrected chi connectivity index (χ1v) is 5.88. The lowest BCUT2D eigenvalue weighted by Gasteiger charge is -2.29. The van der Waals surface area contributed by atoms with E-state index in [1.54, 1.807) is 12.1 Å². The summed E-state index contributed by atoms with van der Waals surface area (Å²) in [5, 5.41) is 14.2. The minimum atomic E-state index is -0.544. The molecule has 1 aromatic carbocycles. The second-order valence-corrected chi connectivity index (χ2v) is 5.62. The number of aliphatic hydroxyl groups excluding tert-OH is 1. The van der Waals surface area contributed by atoms with Crippen molar-refractivity contribution in [3.05, 3.63) is 34.9 Å². The summed E-state index contributed by atoms with van der Waals surface area (Å²) in [6.45, 7) is 8.20. The van der Waals surface area contributed by atoms with Crippen LogP contribution in [0.5, 0.6) is 0 Å². The van der Waals surface area contributed by atoms with Gasteiger partial charge >= 0.3 is 0 Å². The molecule has 0 spiro atoms. The quantitative estimate of drug-likeness (QED) is 0.852. The Balaban J connectivity index is 2.74. The van der Waals surface area contributed by atoms with E-state index in [4.69, 9.17) is 11.6 Å².